The Morgan fingerprint density at radius 3 is 2.68 bits per heavy atom. The molecular formula is C17H13NO4. The molecule has 0 spiro atoms. The molecule has 5 nitrogen and oxygen atoms in total. The van der Waals surface area contributed by atoms with Gasteiger partial charge in [-0.2, -0.15) is 0 Å². The molecule has 110 valence electrons. The van der Waals surface area contributed by atoms with E-state index in [1.807, 2.05) is 36.4 Å². The van der Waals surface area contributed by atoms with E-state index in [1.54, 1.807) is 0 Å². The van der Waals surface area contributed by atoms with Crippen LogP contribution in [-0.4, -0.2) is 21.2 Å². The number of nitrogens with zero attached hydrogens (tertiary/aromatic N) is 1. The number of phenols is 1. The lowest BCUT2D eigenvalue weighted by atomic mass is 10.2. The summed E-state index contributed by atoms with van der Waals surface area (Å²) in [5.74, 6) is -1.12. The SMILES string of the molecule is O=C(O)c1ccc(OCc2ccc3ccccc3n2)cc1O. The van der Waals surface area contributed by atoms with E-state index in [1.165, 1.54) is 18.2 Å². The van der Waals surface area contributed by atoms with Gasteiger partial charge < -0.3 is 14.9 Å². The second-order valence-electron chi connectivity index (χ2n) is 4.77. The molecule has 0 amide bonds. The first-order chi connectivity index (χ1) is 10.6. The number of carbonyl (C=O) groups is 1. The number of ether oxygens (including phenoxy) is 1. The van der Waals surface area contributed by atoms with Gasteiger partial charge in [-0.15, -0.1) is 0 Å². The average molecular weight is 295 g/mol. The Kier molecular flexibility index (Phi) is 3.62. The molecule has 1 heterocycles. The number of aromatic hydroxyl groups is 1. The Morgan fingerprint density at radius 1 is 1.09 bits per heavy atom. The summed E-state index contributed by atoms with van der Waals surface area (Å²) >= 11 is 0. The second-order valence-corrected chi connectivity index (χ2v) is 4.77. The predicted molar refractivity (Wildman–Crippen MR) is 81.1 cm³/mol. The number of carboxylic acid groups (broad SMARTS) is 1. The van der Waals surface area contributed by atoms with Gasteiger partial charge in [0, 0.05) is 11.5 Å². The predicted octanol–water partition coefficient (Wildman–Crippen LogP) is 3.22. The molecule has 0 saturated carbocycles. The van der Waals surface area contributed by atoms with Crippen LogP contribution in [0, 0.1) is 0 Å². The highest BCUT2D eigenvalue weighted by atomic mass is 16.5. The molecule has 0 fully saturated rings. The highest BCUT2D eigenvalue weighted by Crippen LogP contribution is 2.24. The minimum atomic E-state index is -1.18. The first kappa shape index (κ1) is 13.9. The van der Waals surface area contributed by atoms with E-state index in [2.05, 4.69) is 4.98 Å². The topological polar surface area (TPSA) is 79.7 Å². The van der Waals surface area contributed by atoms with Crippen molar-refractivity contribution in [3.8, 4) is 11.5 Å². The zero-order valence-electron chi connectivity index (χ0n) is 11.6. The third kappa shape index (κ3) is 2.83. The summed E-state index contributed by atoms with van der Waals surface area (Å²) in [5, 5.41) is 19.5. The molecule has 2 aromatic carbocycles. The van der Waals surface area contributed by atoms with Crippen molar-refractivity contribution in [2.45, 2.75) is 6.61 Å². The van der Waals surface area contributed by atoms with Crippen LogP contribution in [0.4, 0.5) is 0 Å². The smallest absolute Gasteiger partial charge is 0.339 e. The quantitative estimate of drug-likeness (QED) is 0.772. The lowest BCUT2D eigenvalue weighted by Gasteiger charge is -2.08. The van der Waals surface area contributed by atoms with E-state index in [0.29, 0.717) is 5.75 Å². The molecule has 0 atom stereocenters. The Balaban J connectivity index is 1.76. The summed E-state index contributed by atoms with van der Waals surface area (Å²) in [6.07, 6.45) is 0. The van der Waals surface area contributed by atoms with Gasteiger partial charge in [-0.25, -0.2) is 9.78 Å². The van der Waals surface area contributed by atoms with E-state index in [0.717, 1.165) is 16.6 Å². The minimum Gasteiger partial charge on any atom is -0.507 e. The molecule has 0 unspecified atom stereocenters. The zero-order valence-corrected chi connectivity index (χ0v) is 11.6. The van der Waals surface area contributed by atoms with E-state index >= 15 is 0 Å². The monoisotopic (exact) mass is 295 g/mol. The van der Waals surface area contributed by atoms with Gasteiger partial charge in [-0.3, -0.25) is 0 Å². The van der Waals surface area contributed by atoms with Crippen molar-refractivity contribution in [1.82, 2.24) is 4.98 Å². The van der Waals surface area contributed by atoms with Gasteiger partial charge >= 0.3 is 5.97 Å². The van der Waals surface area contributed by atoms with Gasteiger partial charge in [-0.1, -0.05) is 24.3 Å². The normalized spacial score (nSPS) is 10.5. The third-order valence-corrected chi connectivity index (χ3v) is 3.24. The van der Waals surface area contributed by atoms with Crippen molar-refractivity contribution in [2.24, 2.45) is 0 Å². The number of para-hydroxylation sites is 1. The van der Waals surface area contributed by atoms with E-state index in [9.17, 15) is 9.90 Å². The van der Waals surface area contributed by atoms with Crippen LogP contribution in [0.25, 0.3) is 10.9 Å². The van der Waals surface area contributed by atoms with E-state index < -0.39 is 5.97 Å². The first-order valence-electron chi connectivity index (χ1n) is 6.67. The van der Waals surface area contributed by atoms with Gasteiger partial charge in [0.2, 0.25) is 0 Å². The first-order valence-corrected chi connectivity index (χ1v) is 6.67. The molecule has 0 aliphatic rings. The Hall–Kier alpha value is -3.08. The van der Waals surface area contributed by atoms with Crippen LogP contribution in [0.1, 0.15) is 16.1 Å². The number of pyridine rings is 1. The van der Waals surface area contributed by atoms with E-state index in [4.69, 9.17) is 9.84 Å². The van der Waals surface area contributed by atoms with Gasteiger partial charge in [0.25, 0.3) is 0 Å². The molecule has 1 aromatic heterocycles. The third-order valence-electron chi connectivity index (χ3n) is 3.24. The number of rotatable bonds is 4. The maximum atomic E-state index is 10.8. The summed E-state index contributed by atoms with van der Waals surface area (Å²) in [6.45, 7) is 0.233. The molecule has 0 aliphatic carbocycles. The van der Waals surface area contributed by atoms with Crippen LogP contribution in [0.3, 0.4) is 0 Å². The molecule has 0 aliphatic heterocycles. The van der Waals surface area contributed by atoms with Crippen LogP contribution in [0.5, 0.6) is 11.5 Å². The average Bonchev–Trinajstić information content (AvgIpc) is 2.52. The Bertz CT molecular complexity index is 845. The standard InChI is InChI=1S/C17H13NO4/c19-16-9-13(7-8-14(16)17(20)21)22-10-12-6-5-11-3-1-2-4-15(11)18-12/h1-9,19H,10H2,(H,20,21). The number of hydrogen-bond acceptors (Lipinski definition) is 4. The summed E-state index contributed by atoms with van der Waals surface area (Å²) < 4.78 is 5.54. The molecular weight excluding hydrogens is 282 g/mol. The van der Waals surface area contributed by atoms with Crippen LogP contribution in [0.15, 0.2) is 54.6 Å². The maximum Gasteiger partial charge on any atom is 0.339 e. The fraction of sp³-hybridized carbons (Fsp3) is 0.0588. The summed E-state index contributed by atoms with van der Waals surface area (Å²) in [5.41, 5.74) is 1.48. The zero-order chi connectivity index (χ0) is 15.5. The second kappa shape index (κ2) is 5.73. The van der Waals surface area contributed by atoms with Crippen LogP contribution in [-0.2, 0) is 6.61 Å². The van der Waals surface area contributed by atoms with Gasteiger partial charge in [0.05, 0.1) is 11.2 Å². The van der Waals surface area contributed by atoms with Gasteiger partial charge in [0.15, 0.2) is 0 Å². The molecule has 0 bridgehead atoms. The summed E-state index contributed by atoms with van der Waals surface area (Å²) in [4.78, 5) is 15.3. The number of aromatic nitrogens is 1. The molecule has 5 heteroatoms. The maximum absolute atomic E-state index is 10.8. The fourth-order valence-electron chi connectivity index (χ4n) is 2.13. The molecule has 0 saturated heterocycles. The molecule has 2 N–H and O–H groups in total. The van der Waals surface area contributed by atoms with Crippen molar-refractivity contribution >= 4 is 16.9 Å². The highest BCUT2D eigenvalue weighted by molar-refractivity contribution is 5.90. The van der Waals surface area contributed by atoms with E-state index in [-0.39, 0.29) is 17.9 Å². The van der Waals surface area contributed by atoms with Gasteiger partial charge in [-0.05, 0) is 24.3 Å². The highest BCUT2D eigenvalue weighted by Gasteiger charge is 2.10. The lowest BCUT2D eigenvalue weighted by Crippen LogP contribution is -2.00. The largest absolute Gasteiger partial charge is 0.507 e. The summed E-state index contributed by atoms with van der Waals surface area (Å²) in [7, 11) is 0. The van der Waals surface area contributed by atoms with Gasteiger partial charge in [0.1, 0.15) is 23.7 Å². The molecule has 3 rings (SSSR count). The number of benzene rings is 2. The van der Waals surface area contributed by atoms with Crippen molar-refractivity contribution in [3.63, 3.8) is 0 Å². The van der Waals surface area contributed by atoms with Crippen molar-refractivity contribution in [2.75, 3.05) is 0 Å². The van der Waals surface area contributed by atoms with Crippen LogP contribution >= 0.6 is 0 Å². The van der Waals surface area contributed by atoms with Crippen LogP contribution in [0.2, 0.25) is 0 Å². The van der Waals surface area contributed by atoms with Crippen molar-refractivity contribution in [3.05, 3.63) is 65.9 Å². The molecule has 3 aromatic rings. The number of hydrogen-bond donors (Lipinski definition) is 2. The Morgan fingerprint density at radius 2 is 1.91 bits per heavy atom. The lowest BCUT2D eigenvalue weighted by molar-refractivity contribution is 0.0693. The number of aromatic carboxylic acids is 1. The molecule has 0 radical (unpaired) electrons. The number of fused-ring (bicyclic) bond motifs is 1. The van der Waals surface area contributed by atoms with Crippen molar-refractivity contribution in [1.29, 1.82) is 0 Å². The number of carboxylic acids is 1. The van der Waals surface area contributed by atoms with Crippen molar-refractivity contribution < 1.29 is 19.7 Å². The van der Waals surface area contributed by atoms with Crippen LogP contribution < -0.4 is 4.74 Å². The fourth-order valence-corrected chi connectivity index (χ4v) is 2.13. The Labute approximate surface area is 126 Å². The minimum absolute atomic E-state index is 0.156. The summed E-state index contributed by atoms with van der Waals surface area (Å²) in [6, 6.07) is 15.7. The molecule has 22 heavy (non-hydrogen) atoms.